The highest BCUT2D eigenvalue weighted by Crippen LogP contribution is 2.27. The van der Waals surface area contributed by atoms with E-state index >= 15 is 0 Å². The van der Waals surface area contributed by atoms with Crippen molar-refractivity contribution in [3.8, 4) is 0 Å². The molecule has 0 saturated heterocycles. The van der Waals surface area contributed by atoms with Gasteiger partial charge in [-0.1, -0.05) is 15.9 Å². The lowest BCUT2D eigenvalue weighted by molar-refractivity contribution is -0.384. The first-order valence-electron chi connectivity index (χ1n) is 5.80. The minimum Gasteiger partial charge on any atom is -0.423 e. The predicted molar refractivity (Wildman–Crippen MR) is 78.0 cm³/mol. The number of halogens is 2. The fraction of sp³-hybridized carbons (Fsp3) is 0. The van der Waals surface area contributed by atoms with Crippen molar-refractivity contribution in [2.45, 2.75) is 0 Å². The number of hydrogen-bond acceptors (Lipinski definition) is 5. The van der Waals surface area contributed by atoms with Crippen LogP contribution in [0, 0.1) is 15.9 Å². The molecule has 1 aromatic heterocycles. The molecule has 1 heterocycles. The second-order valence-electron chi connectivity index (χ2n) is 4.18. The maximum absolute atomic E-state index is 13.7. The standard InChI is InChI=1S/C13H7BrFN3O3/c14-7-1-3-10(9(15)5-7)16-13-17-11-4-2-8(18(19)20)6-12(11)21-13/h1-6H,(H,16,17). The highest BCUT2D eigenvalue weighted by atomic mass is 79.9. The van der Waals surface area contributed by atoms with Gasteiger partial charge in [-0.15, -0.1) is 0 Å². The van der Waals surface area contributed by atoms with Gasteiger partial charge in [0.1, 0.15) is 11.3 Å². The number of oxazole rings is 1. The normalized spacial score (nSPS) is 10.8. The lowest BCUT2D eigenvalue weighted by Crippen LogP contribution is -1.93. The van der Waals surface area contributed by atoms with Crippen LogP contribution in [0.25, 0.3) is 11.1 Å². The highest BCUT2D eigenvalue weighted by Gasteiger charge is 2.13. The van der Waals surface area contributed by atoms with E-state index in [9.17, 15) is 14.5 Å². The minimum absolute atomic E-state index is 0.0618. The summed E-state index contributed by atoms with van der Waals surface area (Å²) in [6.07, 6.45) is 0. The van der Waals surface area contributed by atoms with Crippen molar-refractivity contribution in [2.24, 2.45) is 0 Å². The Kier molecular flexibility index (Phi) is 3.30. The number of nitro groups is 1. The van der Waals surface area contributed by atoms with Gasteiger partial charge in [0.25, 0.3) is 11.7 Å². The molecule has 1 N–H and O–H groups in total. The molecule has 2 aromatic carbocycles. The first-order valence-corrected chi connectivity index (χ1v) is 6.59. The van der Waals surface area contributed by atoms with Crippen molar-refractivity contribution in [1.29, 1.82) is 0 Å². The third-order valence-electron chi connectivity index (χ3n) is 2.76. The van der Waals surface area contributed by atoms with Crippen LogP contribution in [0.4, 0.5) is 21.8 Å². The van der Waals surface area contributed by atoms with Gasteiger partial charge in [-0.3, -0.25) is 10.1 Å². The smallest absolute Gasteiger partial charge is 0.300 e. The zero-order valence-corrected chi connectivity index (χ0v) is 11.9. The van der Waals surface area contributed by atoms with Gasteiger partial charge in [0.2, 0.25) is 0 Å². The molecular formula is C13H7BrFN3O3. The van der Waals surface area contributed by atoms with Crippen LogP contribution in [0.1, 0.15) is 0 Å². The molecule has 3 rings (SSSR count). The summed E-state index contributed by atoms with van der Waals surface area (Å²) in [6.45, 7) is 0. The quantitative estimate of drug-likeness (QED) is 0.559. The summed E-state index contributed by atoms with van der Waals surface area (Å²) in [5, 5.41) is 13.4. The molecule has 0 fully saturated rings. The largest absolute Gasteiger partial charge is 0.423 e. The summed E-state index contributed by atoms with van der Waals surface area (Å²) in [4.78, 5) is 14.3. The molecule has 21 heavy (non-hydrogen) atoms. The number of nitrogens with zero attached hydrogens (tertiary/aromatic N) is 2. The number of benzene rings is 2. The van der Waals surface area contributed by atoms with Gasteiger partial charge in [0, 0.05) is 10.5 Å². The van der Waals surface area contributed by atoms with Gasteiger partial charge in [-0.25, -0.2) is 4.39 Å². The number of anilines is 2. The number of nitrogens with one attached hydrogen (secondary N) is 1. The summed E-state index contributed by atoms with van der Waals surface area (Å²) in [5.74, 6) is -0.474. The Hall–Kier alpha value is -2.48. The molecule has 8 heteroatoms. The fourth-order valence-corrected chi connectivity index (χ4v) is 2.12. The lowest BCUT2D eigenvalue weighted by atomic mass is 10.3. The third-order valence-corrected chi connectivity index (χ3v) is 3.25. The van der Waals surface area contributed by atoms with E-state index in [1.807, 2.05) is 0 Å². The molecule has 0 aliphatic heterocycles. The molecule has 0 amide bonds. The molecule has 0 spiro atoms. The predicted octanol–water partition coefficient (Wildman–Crippen LogP) is 4.38. The number of aromatic nitrogens is 1. The number of nitro benzene ring substituents is 1. The topological polar surface area (TPSA) is 81.2 Å². The molecule has 0 atom stereocenters. The first kappa shape index (κ1) is 13.5. The molecule has 0 saturated carbocycles. The third kappa shape index (κ3) is 2.70. The zero-order chi connectivity index (χ0) is 15.0. The van der Waals surface area contributed by atoms with E-state index in [0.29, 0.717) is 9.99 Å². The van der Waals surface area contributed by atoms with E-state index in [4.69, 9.17) is 4.42 Å². The van der Waals surface area contributed by atoms with Crippen LogP contribution >= 0.6 is 15.9 Å². The van der Waals surface area contributed by atoms with Gasteiger partial charge in [-0.05, 0) is 24.3 Å². The van der Waals surface area contributed by atoms with Gasteiger partial charge >= 0.3 is 0 Å². The SMILES string of the molecule is O=[N+]([O-])c1ccc2nc(Nc3ccc(Br)cc3F)oc2c1. The molecule has 0 aliphatic carbocycles. The molecule has 106 valence electrons. The Morgan fingerprint density at radius 1 is 1.29 bits per heavy atom. The van der Waals surface area contributed by atoms with Crippen LogP contribution in [0.5, 0.6) is 0 Å². The van der Waals surface area contributed by atoms with Crippen LogP contribution < -0.4 is 5.32 Å². The van der Waals surface area contributed by atoms with Crippen molar-refractivity contribution in [2.75, 3.05) is 5.32 Å². The van der Waals surface area contributed by atoms with E-state index in [0.717, 1.165) is 0 Å². The van der Waals surface area contributed by atoms with Crippen LogP contribution in [0.15, 0.2) is 45.3 Å². The van der Waals surface area contributed by atoms with Gasteiger partial charge in [0.15, 0.2) is 5.58 Å². The second kappa shape index (κ2) is 5.13. The van der Waals surface area contributed by atoms with Crippen LogP contribution in [-0.2, 0) is 0 Å². The van der Waals surface area contributed by atoms with E-state index in [1.165, 1.54) is 30.3 Å². The second-order valence-corrected chi connectivity index (χ2v) is 5.09. The van der Waals surface area contributed by atoms with Crippen molar-refractivity contribution < 1.29 is 13.7 Å². The number of fused-ring (bicyclic) bond motifs is 1. The number of hydrogen-bond donors (Lipinski definition) is 1. The Morgan fingerprint density at radius 2 is 2.10 bits per heavy atom. The van der Waals surface area contributed by atoms with Crippen LogP contribution in [0.2, 0.25) is 0 Å². The molecule has 0 aliphatic rings. The van der Waals surface area contributed by atoms with Crippen molar-refractivity contribution in [1.82, 2.24) is 4.98 Å². The van der Waals surface area contributed by atoms with Crippen molar-refractivity contribution >= 4 is 44.4 Å². The summed E-state index contributed by atoms with van der Waals surface area (Å²) < 4.78 is 19.7. The first-order chi connectivity index (χ1) is 10.0. The molecule has 0 radical (unpaired) electrons. The Bertz CT molecular complexity index is 850. The Balaban J connectivity index is 1.95. The number of rotatable bonds is 3. The van der Waals surface area contributed by atoms with E-state index < -0.39 is 10.7 Å². The van der Waals surface area contributed by atoms with E-state index in [2.05, 4.69) is 26.2 Å². The molecule has 0 bridgehead atoms. The van der Waals surface area contributed by atoms with Gasteiger partial charge in [-0.2, -0.15) is 4.98 Å². The summed E-state index contributed by atoms with van der Waals surface area (Å²) in [7, 11) is 0. The summed E-state index contributed by atoms with van der Waals surface area (Å²) in [5.41, 5.74) is 0.795. The zero-order valence-electron chi connectivity index (χ0n) is 10.3. The summed E-state index contributed by atoms with van der Waals surface area (Å²) >= 11 is 3.16. The Morgan fingerprint density at radius 3 is 2.81 bits per heavy atom. The van der Waals surface area contributed by atoms with Crippen molar-refractivity contribution in [3.05, 3.63) is 56.8 Å². The van der Waals surface area contributed by atoms with E-state index in [1.54, 1.807) is 6.07 Å². The fourth-order valence-electron chi connectivity index (χ4n) is 1.79. The average molecular weight is 352 g/mol. The van der Waals surface area contributed by atoms with Gasteiger partial charge in [0.05, 0.1) is 16.7 Å². The maximum Gasteiger partial charge on any atom is 0.300 e. The lowest BCUT2D eigenvalue weighted by Gasteiger charge is -2.02. The van der Waals surface area contributed by atoms with Crippen molar-refractivity contribution in [3.63, 3.8) is 0 Å². The number of non-ortho nitro benzene ring substituents is 1. The van der Waals surface area contributed by atoms with Gasteiger partial charge < -0.3 is 9.73 Å². The molecule has 3 aromatic rings. The van der Waals surface area contributed by atoms with E-state index in [-0.39, 0.29) is 23.0 Å². The minimum atomic E-state index is -0.524. The summed E-state index contributed by atoms with van der Waals surface area (Å²) in [6, 6.07) is 8.62. The molecule has 0 unspecified atom stereocenters. The average Bonchev–Trinajstić information content (AvgIpc) is 2.83. The molecule has 6 nitrogen and oxygen atoms in total. The van der Waals surface area contributed by atoms with Crippen LogP contribution in [-0.4, -0.2) is 9.91 Å². The monoisotopic (exact) mass is 351 g/mol. The Labute approximate surface area is 125 Å². The highest BCUT2D eigenvalue weighted by molar-refractivity contribution is 9.10. The maximum atomic E-state index is 13.7. The van der Waals surface area contributed by atoms with Crippen LogP contribution in [0.3, 0.4) is 0 Å². The molecular weight excluding hydrogens is 345 g/mol.